The normalized spacial score (nSPS) is 19.6. The van der Waals surface area contributed by atoms with Gasteiger partial charge in [-0.25, -0.2) is 8.42 Å². The molecule has 0 bridgehead atoms. The van der Waals surface area contributed by atoms with Crippen LogP contribution in [0.3, 0.4) is 0 Å². The predicted molar refractivity (Wildman–Crippen MR) is 70.9 cm³/mol. The van der Waals surface area contributed by atoms with E-state index in [0.717, 1.165) is 17.7 Å². The van der Waals surface area contributed by atoms with Crippen LogP contribution < -0.4 is 4.31 Å². The zero-order chi connectivity index (χ0) is 12.7. The van der Waals surface area contributed by atoms with E-state index in [2.05, 4.69) is 20.8 Å². The van der Waals surface area contributed by atoms with Crippen LogP contribution in [0.1, 0.15) is 32.8 Å². The minimum atomic E-state index is -3.07. The molecule has 1 aliphatic rings. The second-order valence-corrected chi connectivity index (χ2v) is 7.55. The Balaban J connectivity index is 2.41. The largest absolute Gasteiger partial charge is 0.270 e. The molecule has 1 aromatic carbocycles. The SMILES string of the molecule is CC(C)(C)c1cccc(N2CCCS2(=O)=O)c1. The van der Waals surface area contributed by atoms with Gasteiger partial charge in [0.25, 0.3) is 0 Å². The van der Waals surface area contributed by atoms with Crippen molar-refractivity contribution in [1.29, 1.82) is 0 Å². The lowest BCUT2D eigenvalue weighted by molar-refractivity contribution is 0.589. The molecule has 0 aromatic heterocycles. The second-order valence-electron chi connectivity index (χ2n) is 5.54. The number of rotatable bonds is 1. The lowest BCUT2D eigenvalue weighted by Gasteiger charge is -2.23. The Bertz CT molecular complexity index is 514. The smallest absolute Gasteiger partial charge is 0.235 e. The van der Waals surface area contributed by atoms with Gasteiger partial charge in [-0.2, -0.15) is 0 Å². The summed E-state index contributed by atoms with van der Waals surface area (Å²) in [5.41, 5.74) is 2.01. The van der Waals surface area contributed by atoms with E-state index in [-0.39, 0.29) is 11.2 Å². The fraction of sp³-hybridized carbons (Fsp3) is 0.538. The highest BCUT2D eigenvalue weighted by molar-refractivity contribution is 7.93. The lowest BCUT2D eigenvalue weighted by Crippen LogP contribution is -2.25. The van der Waals surface area contributed by atoms with Gasteiger partial charge in [-0.05, 0) is 29.5 Å². The number of nitrogens with zero attached hydrogens (tertiary/aromatic N) is 1. The molecular weight excluding hydrogens is 234 g/mol. The Morgan fingerprint density at radius 2 is 1.94 bits per heavy atom. The van der Waals surface area contributed by atoms with Crippen molar-refractivity contribution >= 4 is 15.7 Å². The molecule has 0 aliphatic carbocycles. The van der Waals surface area contributed by atoms with Crippen LogP contribution in [0.2, 0.25) is 0 Å². The maximum Gasteiger partial charge on any atom is 0.235 e. The van der Waals surface area contributed by atoms with Crippen molar-refractivity contribution in [3.05, 3.63) is 29.8 Å². The van der Waals surface area contributed by atoms with Gasteiger partial charge in [0.1, 0.15) is 0 Å². The highest BCUT2D eigenvalue weighted by Crippen LogP contribution is 2.29. The molecular formula is C13H19NO2S. The summed E-state index contributed by atoms with van der Waals surface area (Å²) in [6.45, 7) is 7.00. The molecule has 0 spiro atoms. The maximum atomic E-state index is 11.8. The number of hydrogen-bond donors (Lipinski definition) is 0. The molecule has 0 atom stereocenters. The first-order valence-electron chi connectivity index (χ1n) is 5.92. The first kappa shape index (κ1) is 12.4. The van der Waals surface area contributed by atoms with Gasteiger partial charge in [0.05, 0.1) is 11.4 Å². The van der Waals surface area contributed by atoms with Crippen molar-refractivity contribution in [2.45, 2.75) is 32.6 Å². The maximum absolute atomic E-state index is 11.8. The van der Waals surface area contributed by atoms with Gasteiger partial charge in [0, 0.05) is 6.54 Å². The molecule has 1 aliphatic heterocycles. The van der Waals surface area contributed by atoms with E-state index >= 15 is 0 Å². The van der Waals surface area contributed by atoms with Crippen LogP contribution in [0.15, 0.2) is 24.3 Å². The molecule has 4 heteroatoms. The first-order chi connectivity index (χ1) is 7.81. The average molecular weight is 253 g/mol. The molecule has 0 N–H and O–H groups in total. The number of benzene rings is 1. The van der Waals surface area contributed by atoms with E-state index in [1.807, 2.05) is 24.3 Å². The van der Waals surface area contributed by atoms with Crippen molar-refractivity contribution in [1.82, 2.24) is 0 Å². The van der Waals surface area contributed by atoms with Gasteiger partial charge >= 0.3 is 0 Å². The molecule has 1 fully saturated rings. The summed E-state index contributed by atoms with van der Waals surface area (Å²) in [7, 11) is -3.07. The first-order valence-corrected chi connectivity index (χ1v) is 7.52. The van der Waals surface area contributed by atoms with Crippen molar-refractivity contribution in [3.63, 3.8) is 0 Å². The average Bonchev–Trinajstić information content (AvgIpc) is 2.57. The van der Waals surface area contributed by atoms with Crippen LogP contribution >= 0.6 is 0 Å². The molecule has 1 saturated heterocycles. The van der Waals surface area contributed by atoms with E-state index in [1.54, 1.807) is 0 Å². The molecule has 0 saturated carbocycles. The zero-order valence-electron chi connectivity index (χ0n) is 10.6. The third-order valence-corrected chi connectivity index (χ3v) is 4.97. The Morgan fingerprint density at radius 1 is 1.24 bits per heavy atom. The third-order valence-electron chi connectivity index (χ3n) is 3.10. The minimum absolute atomic E-state index is 0.0412. The minimum Gasteiger partial charge on any atom is -0.270 e. The molecule has 1 aromatic rings. The molecule has 0 unspecified atom stereocenters. The van der Waals surface area contributed by atoms with Crippen LogP contribution in [-0.2, 0) is 15.4 Å². The van der Waals surface area contributed by atoms with Crippen LogP contribution in [-0.4, -0.2) is 20.7 Å². The quantitative estimate of drug-likeness (QED) is 0.771. The van der Waals surface area contributed by atoms with E-state index in [4.69, 9.17) is 0 Å². The summed E-state index contributed by atoms with van der Waals surface area (Å²) < 4.78 is 25.2. The van der Waals surface area contributed by atoms with Gasteiger partial charge in [-0.1, -0.05) is 32.9 Å². The Kier molecular flexibility index (Phi) is 2.94. The molecule has 1 heterocycles. The van der Waals surface area contributed by atoms with Gasteiger partial charge in [-0.15, -0.1) is 0 Å². The topological polar surface area (TPSA) is 37.4 Å². The summed E-state index contributed by atoms with van der Waals surface area (Å²) in [6, 6.07) is 7.84. The van der Waals surface area contributed by atoms with Gasteiger partial charge in [0.2, 0.25) is 10.0 Å². The molecule has 94 valence electrons. The molecule has 17 heavy (non-hydrogen) atoms. The van der Waals surface area contributed by atoms with Crippen molar-refractivity contribution in [2.75, 3.05) is 16.6 Å². The Morgan fingerprint density at radius 3 is 2.47 bits per heavy atom. The highest BCUT2D eigenvalue weighted by atomic mass is 32.2. The summed E-state index contributed by atoms with van der Waals surface area (Å²) in [5.74, 6) is 0.271. The predicted octanol–water partition coefficient (Wildman–Crippen LogP) is 2.52. The van der Waals surface area contributed by atoms with E-state index < -0.39 is 10.0 Å². The molecule has 3 nitrogen and oxygen atoms in total. The van der Waals surface area contributed by atoms with Crippen molar-refractivity contribution < 1.29 is 8.42 Å². The van der Waals surface area contributed by atoms with Crippen LogP contribution in [0.5, 0.6) is 0 Å². The van der Waals surface area contributed by atoms with Gasteiger partial charge in [0.15, 0.2) is 0 Å². The molecule has 0 amide bonds. The second kappa shape index (κ2) is 4.02. The number of anilines is 1. The molecule has 2 rings (SSSR count). The van der Waals surface area contributed by atoms with Crippen molar-refractivity contribution in [2.24, 2.45) is 0 Å². The van der Waals surface area contributed by atoms with E-state index in [9.17, 15) is 8.42 Å². The lowest BCUT2D eigenvalue weighted by atomic mass is 9.87. The van der Waals surface area contributed by atoms with E-state index in [1.165, 1.54) is 4.31 Å². The fourth-order valence-electron chi connectivity index (χ4n) is 2.06. The Labute approximate surface area is 104 Å². The molecule has 0 radical (unpaired) electrons. The summed E-state index contributed by atoms with van der Waals surface area (Å²) in [4.78, 5) is 0. The zero-order valence-corrected chi connectivity index (χ0v) is 11.4. The van der Waals surface area contributed by atoms with Crippen LogP contribution in [0.25, 0.3) is 0 Å². The summed E-state index contributed by atoms with van der Waals surface area (Å²) >= 11 is 0. The summed E-state index contributed by atoms with van der Waals surface area (Å²) in [6.07, 6.45) is 0.724. The van der Waals surface area contributed by atoms with Crippen LogP contribution in [0.4, 0.5) is 5.69 Å². The monoisotopic (exact) mass is 253 g/mol. The number of hydrogen-bond acceptors (Lipinski definition) is 2. The Hall–Kier alpha value is -1.03. The van der Waals surface area contributed by atoms with Crippen molar-refractivity contribution in [3.8, 4) is 0 Å². The third kappa shape index (κ3) is 2.46. The van der Waals surface area contributed by atoms with Crippen LogP contribution in [0, 0.1) is 0 Å². The highest BCUT2D eigenvalue weighted by Gasteiger charge is 2.28. The fourth-order valence-corrected chi connectivity index (χ4v) is 3.61. The number of sulfonamides is 1. The standard InChI is InChI=1S/C13H19NO2S/c1-13(2,3)11-6-4-7-12(10-11)14-8-5-9-17(14,15)16/h4,6-7,10H,5,8-9H2,1-3H3. The van der Waals surface area contributed by atoms with Gasteiger partial charge in [-0.3, -0.25) is 4.31 Å². The van der Waals surface area contributed by atoms with Gasteiger partial charge < -0.3 is 0 Å². The summed E-state index contributed by atoms with van der Waals surface area (Å²) in [5, 5.41) is 0. The van der Waals surface area contributed by atoms with E-state index in [0.29, 0.717) is 6.54 Å².